The summed E-state index contributed by atoms with van der Waals surface area (Å²) in [6.45, 7) is 5.51. The van der Waals surface area contributed by atoms with Gasteiger partial charge in [-0.1, -0.05) is 24.9 Å². The normalized spacial score (nSPS) is 11.0. The maximum absolute atomic E-state index is 14.2. The topological polar surface area (TPSA) is 64.1 Å². The summed E-state index contributed by atoms with van der Waals surface area (Å²) in [4.78, 5) is 27.0. The lowest BCUT2D eigenvalue weighted by molar-refractivity contribution is 0.242. The van der Waals surface area contributed by atoms with Gasteiger partial charge in [0.1, 0.15) is 11.6 Å². The smallest absolute Gasteiger partial charge is 0.333 e. The summed E-state index contributed by atoms with van der Waals surface area (Å²) < 4.78 is 20.4. The summed E-state index contributed by atoms with van der Waals surface area (Å²) in [7, 11) is 0. The van der Waals surface area contributed by atoms with Crippen LogP contribution in [0.25, 0.3) is 5.69 Å². The van der Waals surface area contributed by atoms with Gasteiger partial charge in [0.05, 0.1) is 16.8 Å². The molecule has 0 bridgehead atoms. The van der Waals surface area contributed by atoms with E-state index in [1.165, 1.54) is 12.1 Å². The van der Waals surface area contributed by atoms with Crippen molar-refractivity contribution in [2.24, 2.45) is 0 Å². The Morgan fingerprint density at radius 1 is 1.30 bits per heavy atom. The van der Waals surface area contributed by atoms with Gasteiger partial charge < -0.3 is 9.72 Å². The van der Waals surface area contributed by atoms with Gasteiger partial charge >= 0.3 is 5.69 Å². The van der Waals surface area contributed by atoms with E-state index in [9.17, 15) is 14.0 Å². The number of hydrogen-bond donors (Lipinski definition) is 1. The summed E-state index contributed by atoms with van der Waals surface area (Å²) in [5.74, 6) is -0.566. The number of benzene rings is 1. The van der Waals surface area contributed by atoms with Crippen molar-refractivity contribution in [3.63, 3.8) is 0 Å². The molecule has 23 heavy (non-hydrogen) atoms. The molecule has 1 aromatic carbocycles. The molecule has 0 radical (unpaired) electrons. The van der Waals surface area contributed by atoms with Crippen molar-refractivity contribution in [2.75, 3.05) is 0 Å². The number of H-pyrrole nitrogens is 1. The second-order valence-corrected chi connectivity index (χ2v) is 5.83. The van der Waals surface area contributed by atoms with Gasteiger partial charge in [0.2, 0.25) is 0 Å². The Labute approximate surface area is 137 Å². The van der Waals surface area contributed by atoms with Gasteiger partial charge in [0.15, 0.2) is 0 Å². The van der Waals surface area contributed by atoms with E-state index in [2.05, 4.69) is 4.98 Å². The maximum Gasteiger partial charge on any atom is 0.333 e. The first kappa shape index (κ1) is 17.3. The first-order valence-corrected chi connectivity index (χ1v) is 7.72. The van der Waals surface area contributed by atoms with E-state index < -0.39 is 17.1 Å². The Kier molecular flexibility index (Phi) is 5.26. The van der Waals surface area contributed by atoms with Crippen LogP contribution in [0.4, 0.5) is 4.39 Å². The molecule has 2 aromatic rings. The van der Waals surface area contributed by atoms with Crippen LogP contribution >= 0.6 is 11.6 Å². The van der Waals surface area contributed by atoms with Crippen LogP contribution in [0.3, 0.4) is 0 Å². The minimum absolute atomic E-state index is 0.0760. The standard InChI is InChI=1S/C16H18ClFN2O3/c1-4-5-10-6-15(21)20(16(22)19-10)13-8-14(23-9(2)3)11(17)7-12(13)18/h6-9H,4-5H2,1-3H3,(H,19,22). The van der Waals surface area contributed by atoms with Crippen molar-refractivity contribution in [2.45, 2.75) is 39.7 Å². The summed E-state index contributed by atoms with van der Waals surface area (Å²) in [5.41, 5.74) is -0.974. The molecule has 0 atom stereocenters. The second-order valence-electron chi connectivity index (χ2n) is 5.42. The predicted octanol–water partition coefficient (Wildman–Crippen LogP) is 3.06. The van der Waals surface area contributed by atoms with Crippen LogP contribution in [0.1, 0.15) is 32.9 Å². The number of aromatic amines is 1. The molecule has 1 aromatic heterocycles. The highest BCUT2D eigenvalue weighted by molar-refractivity contribution is 6.32. The van der Waals surface area contributed by atoms with E-state index in [0.717, 1.165) is 17.1 Å². The van der Waals surface area contributed by atoms with E-state index in [-0.39, 0.29) is 22.6 Å². The molecule has 0 aliphatic heterocycles. The zero-order valence-corrected chi connectivity index (χ0v) is 13.9. The number of rotatable bonds is 5. The monoisotopic (exact) mass is 340 g/mol. The van der Waals surface area contributed by atoms with Crippen LogP contribution < -0.4 is 16.0 Å². The third-order valence-corrected chi connectivity index (χ3v) is 3.41. The summed E-state index contributed by atoms with van der Waals surface area (Å²) in [6.07, 6.45) is 1.16. The number of halogens is 2. The Balaban J connectivity index is 2.62. The predicted molar refractivity (Wildman–Crippen MR) is 87.4 cm³/mol. The van der Waals surface area contributed by atoms with E-state index >= 15 is 0 Å². The van der Waals surface area contributed by atoms with Crippen LogP contribution in [-0.4, -0.2) is 15.7 Å². The number of hydrogen-bond acceptors (Lipinski definition) is 3. The molecule has 0 spiro atoms. The van der Waals surface area contributed by atoms with Crippen LogP contribution in [0.2, 0.25) is 5.02 Å². The largest absolute Gasteiger partial charge is 0.489 e. The average molecular weight is 341 g/mol. The molecule has 0 unspecified atom stereocenters. The third kappa shape index (κ3) is 3.82. The highest BCUT2D eigenvalue weighted by Gasteiger charge is 2.16. The van der Waals surface area contributed by atoms with Gasteiger partial charge in [0.25, 0.3) is 5.56 Å². The molecule has 0 aliphatic carbocycles. The number of aryl methyl sites for hydroxylation is 1. The van der Waals surface area contributed by atoms with Gasteiger partial charge in [-0.3, -0.25) is 4.79 Å². The Bertz CT molecular complexity index is 796. The highest BCUT2D eigenvalue weighted by atomic mass is 35.5. The van der Waals surface area contributed by atoms with Crippen LogP contribution in [0, 0.1) is 5.82 Å². The molecule has 0 aliphatic rings. The molecule has 0 saturated heterocycles. The molecule has 5 nitrogen and oxygen atoms in total. The van der Waals surface area contributed by atoms with Crippen molar-refractivity contribution < 1.29 is 9.13 Å². The number of nitrogens with one attached hydrogen (secondary N) is 1. The minimum atomic E-state index is -0.776. The first-order valence-electron chi connectivity index (χ1n) is 7.34. The van der Waals surface area contributed by atoms with Gasteiger partial charge in [-0.15, -0.1) is 0 Å². The van der Waals surface area contributed by atoms with Gasteiger partial charge in [0, 0.05) is 17.8 Å². The highest BCUT2D eigenvalue weighted by Crippen LogP contribution is 2.29. The number of aromatic nitrogens is 2. The molecular formula is C16H18ClFN2O3. The average Bonchev–Trinajstić information content (AvgIpc) is 2.42. The Morgan fingerprint density at radius 2 is 2.00 bits per heavy atom. The Morgan fingerprint density at radius 3 is 2.57 bits per heavy atom. The zero-order chi connectivity index (χ0) is 17.1. The molecule has 0 fully saturated rings. The van der Waals surface area contributed by atoms with Crippen molar-refractivity contribution >= 4 is 11.6 Å². The Hall–Kier alpha value is -2.08. The SMILES string of the molecule is CCCc1cc(=O)n(-c2cc(OC(C)C)c(Cl)cc2F)c(=O)[nH]1. The molecule has 124 valence electrons. The zero-order valence-electron chi connectivity index (χ0n) is 13.2. The van der Waals surface area contributed by atoms with Crippen molar-refractivity contribution in [3.8, 4) is 11.4 Å². The second kappa shape index (κ2) is 7.00. The molecule has 1 heterocycles. The summed E-state index contributed by atoms with van der Waals surface area (Å²) in [5, 5.41) is 0.0760. The van der Waals surface area contributed by atoms with E-state index in [0.29, 0.717) is 12.1 Å². The lowest BCUT2D eigenvalue weighted by Gasteiger charge is -2.14. The van der Waals surface area contributed by atoms with E-state index in [1.807, 2.05) is 6.92 Å². The van der Waals surface area contributed by atoms with Gasteiger partial charge in [-0.25, -0.2) is 13.8 Å². The minimum Gasteiger partial charge on any atom is -0.489 e. The third-order valence-electron chi connectivity index (χ3n) is 3.11. The van der Waals surface area contributed by atoms with Crippen LogP contribution in [-0.2, 0) is 6.42 Å². The number of ether oxygens (including phenoxy) is 1. The van der Waals surface area contributed by atoms with Crippen molar-refractivity contribution in [1.82, 2.24) is 9.55 Å². The lowest BCUT2D eigenvalue weighted by atomic mass is 10.2. The molecule has 7 heteroatoms. The fourth-order valence-electron chi connectivity index (χ4n) is 2.21. The lowest BCUT2D eigenvalue weighted by Crippen LogP contribution is -2.34. The summed E-state index contributed by atoms with van der Waals surface area (Å²) >= 11 is 5.94. The van der Waals surface area contributed by atoms with E-state index in [1.54, 1.807) is 13.8 Å². The fourth-order valence-corrected chi connectivity index (χ4v) is 2.40. The van der Waals surface area contributed by atoms with E-state index in [4.69, 9.17) is 16.3 Å². The summed E-state index contributed by atoms with van der Waals surface area (Å²) in [6, 6.07) is 3.58. The molecule has 2 rings (SSSR count). The van der Waals surface area contributed by atoms with Crippen LogP contribution in [0.5, 0.6) is 5.75 Å². The molecule has 0 saturated carbocycles. The molecule has 0 amide bonds. The molecule has 1 N–H and O–H groups in total. The van der Waals surface area contributed by atoms with Crippen molar-refractivity contribution in [1.29, 1.82) is 0 Å². The van der Waals surface area contributed by atoms with Crippen molar-refractivity contribution in [3.05, 3.63) is 55.6 Å². The van der Waals surface area contributed by atoms with Gasteiger partial charge in [-0.2, -0.15) is 0 Å². The number of nitrogens with zero attached hydrogens (tertiary/aromatic N) is 1. The first-order chi connectivity index (χ1) is 10.8. The fraction of sp³-hybridized carbons (Fsp3) is 0.375. The maximum atomic E-state index is 14.2. The van der Waals surface area contributed by atoms with Crippen LogP contribution in [0.15, 0.2) is 27.8 Å². The molecular weight excluding hydrogens is 323 g/mol. The van der Waals surface area contributed by atoms with Gasteiger partial charge in [-0.05, 0) is 26.3 Å². The quantitative estimate of drug-likeness (QED) is 0.909.